The van der Waals surface area contributed by atoms with Gasteiger partial charge in [0, 0.05) is 43.7 Å². The van der Waals surface area contributed by atoms with Crippen molar-refractivity contribution in [3.63, 3.8) is 0 Å². The number of rotatable bonds is 8. The van der Waals surface area contributed by atoms with Crippen LogP contribution in [-0.4, -0.2) is 49.5 Å². The number of aliphatic imine (C=N–C) groups is 1. The maximum absolute atomic E-state index is 9.01. The molecular weight excluding hydrogens is 402 g/mol. The van der Waals surface area contributed by atoms with E-state index in [1.54, 1.807) is 24.3 Å². The summed E-state index contributed by atoms with van der Waals surface area (Å²) in [5.41, 5.74) is 3.44. The molecule has 1 aliphatic rings. The van der Waals surface area contributed by atoms with Crippen LogP contribution in [0, 0.1) is 11.3 Å². The number of hydrogen-bond acceptors (Lipinski definition) is 7. The Morgan fingerprint density at radius 3 is 2.50 bits per heavy atom. The van der Waals surface area contributed by atoms with Crippen LogP contribution in [0.25, 0.3) is 5.57 Å². The number of nitrogens with zero attached hydrogens (tertiary/aromatic N) is 4. The van der Waals surface area contributed by atoms with E-state index in [0.29, 0.717) is 25.4 Å². The van der Waals surface area contributed by atoms with Gasteiger partial charge < -0.3 is 14.4 Å². The van der Waals surface area contributed by atoms with E-state index in [1.165, 1.54) is 0 Å². The topological polar surface area (TPSA) is 87.1 Å². The van der Waals surface area contributed by atoms with Gasteiger partial charge in [-0.05, 0) is 30.2 Å². The molecule has 1 fully saturated rings. The lowest BCUT2D eigenvalue weighted by Gasteiger charge is -2.35. The van der Waals surface area contributed by atoms with Crippen LogP contribution in [0.4, 0.5) is 0 Å². The van der Waals surface area contributed by atoms with Gasteiger partial charge >= 0.3 is 0 Å². The molecule has 0 radical (unpaired) electrons. The van der Waals surface area contributed by atoms with Crippen molar-refractivity contribution in [2.75, 3.05) is 33.4 Å². The van der Waals surface area contributed by atoms with E-state index in [0.717, 1.165) is 41.4 Å². The molecule has 2 aromatic carbocycles. The molecule has 3 rings (SSSR count). The van der Waals surface area contributed by atoms with Crippen LogP contribution in [0.5, 0.6) is 5.75 Å². The Morgan fingerprint density at radius 2 is 1.88 bits per heavy atom. The second-order valence-electron chi connectivity index (χ2n) is 7.45. The first kappa shape index (κ1) is 23.1. The standard InChI is InChI=1S/C25H29N5O2/c1-20(16-26)17-28-18-24(25(29(2)27)30-12-14-31-15-13-30)22-8-10-23(11-9-22)32-19-21-6-4-3-5-7-21/h3-11,17-18H,12-15,19,27H2,1-2H3/b20-17-,25-24-,28-18+. The quantitative estimate of drug-likeness (QED) is 0.298. The minimum Gasteiger partial charge on any atom is -0.489 e. The zero-order valence-electron chi connectivity index (χ0n) is 18.6. The number of benzene rings is 2. The molecule has 1 aliphatic heterocycles. The van der Waals surface area contributed by atoms with Crippen LogP contribution in [0.15, 0.2) is 77.2 Å². The predicted octanol–water partition coefficient (Wildman–Crippen LogP) is 3.57. The molecule has 0 atom stereocenters. The number of morpholine rings is 1. The highest BCUT2D eigenvalue weighted by Gasteiger charge is 2.20. The summed E-state index contributed by atoms with van der Waals surface area (Å²) in [4.78, 5) is 6.56. The lowest BCUT2D eigenvalue weighted by atomic mass is 10.1. The molecule has 7 heteroatoms. The van der Waals surface area contributed by atoms with Crippen molar-refractivity contribution < 1.29 is 9.47 Å². The van der Waals surface area contributed by atoms with Crippen molar-refractivity contribution in [3.05, 3.63) is 83.3 Å². The minimum absolute atomic E-state index is 0.507. The Labute approximate surface area is 189 Å². The van der Waals surface area contributed by atoms with Crippen molar-refractivity contribution in [1.82, 2.24) is 9.91 Å². The van der Waals surface area contributed by atoms with Crippen LogP contribution in [0.3, 0.4) is 0 Å². The Balaban J connectivity index is 1.90. The summed E-state index contributed by atoms with van der Waals surface area (Å²) in [7, 11) is 1.81. The van der Waals surface area contributed by atoms with Gasteiger partial charge in [0.15, 0.2) is 0 Å². The second kappa shape index (κ2) is 11.7. The van der Waals surface area contributed by atoms with Crippen molar-refractivity contribution in [3.8, 4) is 11.8 Å². The molecule has 1 saturated heterocycles. The third-order valence-electron chi connectivity index (χ3n) is 4.95. The molecular formula is C25H29N5O2. The Bertz CT molecular complexity index is 999. The Hall–Kier alpha value is -3.60. The van der Waals surface area contributed by atoms with Crippen molar-refractivity contribution in [2.24, 2.45) is 10.8 Å². The van der Waals surface area contributed by atoms with Gasteiger partial charge in [0.1, 0.15) is 18.2 Å². The molecule has 7 nitrogen and oxygen atoms in total. The molecule has 0 saturated carbocycles. The number of nitrogens with two attached hydrogens (primary N) is 1. The summed E-state index contributed by atoms with van der Waals surface area (Å²) in [6, 6.07) is 20.0. The van der Waals surface area contributed by atoms with Crippen molar-refractivity contribution in [2.45, 2.75) is 13.5 Å². The van der Waals surface area contributed by atoms with Crippen LogP contribution in [0.1, 0.15) is 18.1 Å². The molecule has 0 bridgehead atoms. The van der Waals surface area contributed by atoms with Gasteiger partial charge in [-0.1, -0.05) is 42.5 Å². The molecule has 0 aliphatic carbocycles. The highest BCUT2D eigenvalue weighted by molar-refractivity contribution is 6.11. The fourth-order valence-electron chi connectivity index (χ4n) is 3.34. The van der Waals surface area contributed by atoms with Crippen molar-refractivity contribution in [1.29, 1.82) is 5.26 Å². The molecule has 0 amide bonds. The summed E-state index contributed by atoms with van der Waals surface area (Å²) in [6.45, 7) is 4.98. The van der Waals surface area contributed by atoms with Gasteiger partial charge in [-0.25, -0.2) is 5.84 Å². The summed E-state index contributed by atoms with van der Waals surface area (Å²) in [5, 5.41) is 10.6. The van der Waals surface area contributed by atoms with Crippen LogP contribution in [-0.2, 0) is 11.3 Å². The molecule has 2 N–H and O–H groups in total. The maximum Gasteiger partial charge on any atom is 0.128 e. The van der Waals surface area contributed by atoms with Gasteiger partial charge in [-0.2, -0.15) is 5.26 Å². The van der Waals surface area contributed by atoms with Gasteiger partial charge in [0.05, 0.1) is 19.3 Å². The Morgan fingerprint density at radius 1 is 1.19 bits per heavy atom. The highest BCUT2D eigenvalue weighted by atomic mass is 16.5. The first-order valence-electron chi connectivity index (χ1n) is 10.5. The zero-order chi connectivity index (χ0) is 22.8. The first-order chi connectivity index (χ1) is 15.6. The molecule has 32 heavy (non-hydrogen) atoms. The van der Waals surface area contributed by atoms with Gasteiger partial charge in [0.2, 0.25) is 0 Å². The second-order valence-corrected chi connectivity index (χ2v) is 7.45. The SMILES string of the molecule is C/C(C#N)=C/N=C/C(=C(\N(C)N)N1CCOCC1)c1ccc(OCc2ccccc2)cc1. The number of ether oxygens (including phenoxy) is 2. The number of hydrazine groups is 1. The number of allylic oxidation sites excluding steroid dienone is 2. The monoisotopic (exact) mass is 431 g/mol. The maximum atomic E-state index is 9.01. The fraction of sp³-hybridized carbons (Fsp3) is 0.280. The Kier molecular flexibility index (Phi) is 8.44. The summed E-state index contributed by atoms with van der Waals surface area (Å²) >= 11 is 0. The molecule has 0 unspecified atom stereocenters. The minimum atomic E-state index is 0.507. The van der Waals surface area contributed by atoms with E-state index in [2.05, 4.69) is 16.0 Å². The van der Waals surface area contributed by atoms with E-state index >= 15 is 0 Å². The molecule has 1 heterocycles. The molecule has 0 aromatic heterocycles. The summed E-state index contributed by atoms with van der Waals surface area (Å²) in [5.74, 6) is 7.87. The normalized spacial score (nSPS) is 15.3. The van der Waals surface area contributed by atoms with Crippen LogP contribution >= 0.6 is 0 Å². The zero-order valence-corrected chi connectivity index (χ0v) is 18.6. The third kappa shape index (κ3) is 6.45. The van der Waals surface area contributed by atoms with E-state index < -0.39 is 0 Å². The van der Waals surface area contributed by atoms with E-state index in [-0.39, 0.29) is 0 Å². The average molecular weight is 432 g/mol. The number of hydrogen-bond donors (Lipinski definition) is 1. The van der Waals surface area contributed by atoms with Gasteiger partial charge in [-0.15, -0.1) is 0 Å². The molecule has 166 valence electrons. The van der Waals surface area contributed by atoms with Gasteiger partial charge in [0.25, 0.3) is 0 Å². The van der Waals surface area contributed by atoms with E-state index in [4.69, 9.17) is 20.6 Å². The predicted molar refractivity (Wildman–Crippen MR) is 126 cm³/mol. The fourth-order valence-corrected chi connectivity index (χ4v) is 3.34. The first-order valence-corrected chi connectivity index (χ1v) is 10.5. The lowest BCUT2D eigenvalue weighted by molar-refractivity contribution is 0.0408. The van der Waals surface area contributed by atoms with Crippen LogP contribution < -0.4 is 10.6 Å². The third-order valence-corrected chi connectivity index (χ3v) is 4.95. The molecule has 2 aromatic rings. The smallest absolute Gasteiger partial charge is 0.128 e. The van der Waals surface area contributed by atoms with Crippen LogP contribution in [0.2, 0.25) is 0 Å². The van der Waals surface area contributed by atoms with Gasteiger partial charge in [-0.3, -0.25) is 10.0 Å². The van der Waals surface area contributed by atoms with Crippen molar-refractivity contribution >= 4 is 11.8 Å². The summed E-state index contributed by atoms with van der Waals surface area (Å²) < 4.78 is 11.4. The highest BCUT2D eigenvalue weighted by Crippen LogP contribution is 2.24. The van der Waals surface area contributed by atoms with E-state index in [9.17, 15) is 0 Å². The lowest BCUT2D eigenvalue weighted by Crippen LogP contribution is -2.44. The number of nitriles is 1. The summed E-state index contributed by atoms with van der Waals surface area (Å²) in [6.07, 6.45) is 3.29. The molecule has 0 spiro atoms. The largest absolute Gasteiger partial charge is 0.489 e. The van der Waals surface area contributed by atoms with E-state index in [1.807, 2.05) is 61.6 Å². The average Bonchev–Trinajstić information content (AvgIpc) is 2.83.